The minimum atomic E-state index is -0.623. The molecule has 8 heteroatoms. The van der Waals surface area contributed by atoms with Crippen molar-refractivity contribution in [2.24, 2.45) is 0 Å². The van der Waals surface area contributed by atoms with Crippen LogP contribution in [0, 0.1) is 11.3 Å². The number of nitrogens with zero attached hydrogens (tertiary/aromatic N) is 2. The lowest BCUT2D eigenvalue weighted by molar-refractivity contribution is -0.146. The van der Waals surface area contributed by atoms with Gasteiger partial charge in [0.1, 0.15) is 6.42 Å². The fourth-order valence-corrected chi connectivity index (χ4v) is 2.65. The highest BCUT2D eigenvalue weighted by molar-refractivity contribution is 5.94. The molecule has 0 aliphatic carbocycles. The standard InChI is InChI=1S/C18H21N3O5/c1-12-9-21(10-13(2)26-12)17(23)11-25-18(24)14-3-5-15(6-4-14)20-16(22)7-8-19/h3-6,12-13H,7,9-11H2,1-2H3,(H,20,22)/t12-,13-/m0/s1. The zero-order chi connectivity index (χ0) is 19.1. The summed E-state index contributed by atoms with van der Waals surface area (Å²) in [5.41, 5.74) is 0.731. The van der Waals surface area contributed by atoms with E-state index in [1.165, 1.54) is 24.3 Å². The highest BCUT2D eigenvalue weighted by atomic mass is 16.5. The molecular formula is C18H21N3O5. The number of amides is 2. The van der Waals surface area contributed by atoms with Gasteiger partial charge in [-0.15, -0.1) is 0 Å². The summed E-state index contributed by atoms with van der Waals surface area (Å²) in [6.45, 7) is 4.38. The van der Waals surface area contributed by atoms with Gasteiger partial charge in [-0.3, -0.25) is 9.59 Å². The topological polar surface area (TPSA) is 109 Å². The molecule has 2 amide bonds. The van der Waals surface area contributed by atoms with Crippen LogP contribution in [0.1, 0.15) is 30.6 Å². The smallest absolute Gasteiger partial charge is 0.338 e. The van der Waals surface area contributed by atoms with Crippen LogP contribution in [0.4, 0.5) is 5.69 Å². The van der Waals surface area contributed by atoms with E-state index in [-0.39, 0.29) is 36.7 Å². The number of esters is 1. The minimum absolute atomic E-state index is 0.0535. The summed E-state index contributed by atoms with van der Waals surface area (Å²) in [6, 6.07) is 7.76. The molecule has 0 spiro atoms. The van der Waals surface area contributed by atoms with Gasteiger partial charge in [-0.2, -0.15) is 5.26 Å². The number of benzene rings is 1. The Bertz CT molecular complexity index is 701. The lowest BCUT2D eigenvalue weighted by Gasteiger charge is -2.35. The molecule has 138 valence electrons. The maximum atomic E-state index is 12.2. The van der Waals surface area contributed by atoms with Crippen molar-refractivity contribution >= 4 is 23.5 Å². The second-order valence-corrected chi connectivity index (χ2v) is 6.09. The Hall–Kier alpha value is -2.92. The summed E-state index contributed by atoms with van der Waals surface area (Å²) in [5.74, 6) is -1.31. The fraction of sp³-hybridized carbons (Fsp3) is 0.444. The van der Waals surface area contributed by atoms with Crippen molar-refractivity contribution in [1.29, 1.82) is 5.26 Å². The zero-order valence-electron chi connectivity index (χ0n) is 14.7. The first-order valence-electron chi connectivity index (χ1n) is 8.26. The van der Waals surface area contributed by atoms with E-state index >= 15 is 0 Å². The van der Waals surface area contributed by atoms with Crippen molar-refractivity contribution in [1.82, 2.24) is 4.90 Å². The molecule has 1 fully saturated rings. The minimum Gasteiger partial charge on any atom is -0.452 e. The number of hydrogen-bond donors (Lipinski definition) is 1. The van der Waals surface area contributed by atoms with Crippen LogP contribution in [-0.4, -0.2) is 54.6 Å². The largest absolute Gasteiger partial charge is 0.452 e. The molecule has 0 bridgehead atoms. The molecule has 1 aliphatic heterocycles. The molecule has 8 nitrogen and oxygen atoms in total. The Morgan fingerprint density at radius 3 is 2.42 bits per heavy atom. The first kappa shape index (κ1) is 19.4. The Morgan fingerprint density at radius 1 is 1.23 bits per heavy atom. The van der Waals surface area contributed by atoms with E-state index in [2.05, 4.69) is 5.32 Å². The van der Waals surface area contributed by atoms with Crippen LogP contribution in [0.5, 0.6) is 0 Å². The first-order chi connectivity index (χ1) is 12.4. The summed E-state index contributed by atoms with van der Waals surface area (Å²) in [7, 11) is 0. The van der Waals surface area contributed by atoms with Crippen LogP contribution in [0.15, 0.2) is 24.3 Å². The molecule has 0 aromatic heterocycles. The van der Waals surface area contributed by atoms with Crippen molar-refractivity contribution in [3.8, 4) is 6.07 Å². The number of morpholine rings is 1. The maximum Gasteiger partial charge on any atom is 0.338 e. The number of carbonyl (C=O) groups excluding carboxylic acids is 3. The number of hydrogen-bond acceptors (Lipinski definition) is 6. The molecule has 2 atom stereocenters. The van der Waals surface area contributed by atoms with E-state index in [1.807, 2.05) is 13.8 Å². The third kappa shape index (κ3) is 5.57. The molecule has 1 aromatic rings. The van der Waals surface area contributed by atoms with Crippen LogP contribution in [0.25, 0.3) is 0 Å². The van der Waals surface area contributed by atoms with Crippen molar-refractivity contribution in [3.63, 3.8) is 0 Å². The van der Waals surface area contributed by atoms with E-state index in [9.17, 15) is 14.4 Å². The van der Waals surface area contributed by atoms with E-state index in [1.54, 1.807) is 11.0 Å². The Labute approximate surface area is 151 Å². The lowest BCUT2D eigenvalue weighted by atomic mass is 10.2. The highest BCUT2D eigenvalue weighted by Gasteiger charge is 2.26. The molecule has 0 unspecified atom stereocenters. The number of rotatable bonds is 5. The predicted octanol–water partition coefficient (Wildman–Crippen LogP) is 1.33. The summed E-state index contributed by atoms with van der Waals surface area (Å²) in [4.78, 5) is 37.2. The SMILES string of the molecule is C[C@H]1CN(C(=O)COC(=O)c2ccc(NC(=O)CC#N)cc2)C[C@H](C)O1. The molecule has 1 N–H and O–H groups in total. The molecule has 2 rings (SSSR count). The monoisotopic (exact) mass is 359 g/mol. The van der Waals surface area contributed by atoms with Crippen molar-refractivity contribution < 1.29 is 23.9 Å². The molecule has 0 saturated carbocycles. The summed E-state index contributed by atoms with van der Waals surface area (Å²) >= 11 is 0. The van der Waals surface area contributed by atoms with Crippen molar-refractivity contribution in [3.05, 3.63) is 29.8 Å². The number of carbonyl (C=O) groups is 3. The van der Waals surface area contributed by atoms with E-state index in [4.69, 9.17) is 14.7 Å². The molecule has 26 heavy (non-hydrogen) atoms. The molecule has 1 saturated heterocycles. The van der Waals surface area contributed by atoms with Crippen LogP contribution in [0.2, 0.25) is 0 Å². The highest BCUT2D eigenvalue weighted by Crippen LogP contribution is 2.13. The summed E-state index contributed by atoms with van der Waals surface area (Å²) in [6.07, 6.45) is -0.352. The van der Waals surface area contributed by atoms with Gasteiger partial charge in [0, 0.05) is 18.8 Å². The van der Waals surface area contributed by atoms with Crippen LogP contribution in [-0.2, 0) is 19.1 Å². The Balaban J connectivity index is 1.85. The average Bonchev–Trinajstić information content (AvgIpc) is 2.59. The van der Waals surface area contributed by atoms with E-state index in [0.717, 1.165) is 0 Å². The van der Waals surface area contributed by atoms with Gasteiger partial charge >= 0.3 is 5.97 Å². The molecule has 0 radical (unpaired) electrons. The van der Waals surface area contributed by atoms with Crippen molar-refractivity contribution in [2.75, 3.05) is 25.0 Å². The normalized spacial score (nSPS) is 19.3. The van der Waals surface area contributed by atoms with Gasteiger partial charge in [-0.05, 0) is 38.1 Å². The van der Waals surface area contributed by atoms with Gasteiger partial charge in [0.05, 0.1) is 23.8 Å². The molecular weight excluding hydrogens is 338 g/mol. The van der Waals surface area contributed by atoms with Crippen molar-refractivity contribution in [2.45, 2.75) is 32.5 Å². The fourth-order valence-electron chi connectivity index (χ4n) is 2.65. The van der Waals surface area contributed by atoms with Gasteiger partial charge in [-0.1, -0.05) is 0 Å². The van der Waals surface area contributed by atoms with Gasteiger partial charge in [0.15, 0.2) is 6.61 Å². The van der Waals surface area contributed by atoms with E-state index < -0.39 is 11.9 Å². The van der Waals surface area contributed by atoms with Crippen LogP contribution >= 0.6 is 0 Å². The molecule has 1 aromatic carbocycles. The Kier molecular flexibility index (Phi) is 6.69. The quantitative estimate of drug-likeness (QED) is 0.795. The van der Waals surface area contributed by atoms with Gasteiger partial charge in [0.2, 0.25) is 5.91 Å². The number of anilines is 1. The van der Waals surface area contributed by atoms with Crippen LogP contribution in [0.3, 0.4) is 0 Å². The third-order valence-corrected chi connectivity index (χ3v) is 3.74. The second kappa shape index (κ2) is 8.97. The van der Waals surface area contributed by atoms with Gasteiger partial charge < -0.3 is 19.7 Å². The van der Waals surface area contributed by atoms with Gasteiger partial charge in [-0.25, -0.2) is 4.79 Å². The summed E-state index contributed by atoms with van der Waals surface area (Å²) < 4.78 is 10.6. The first-order valence-corrected chi connectivity index (χ1v) is 8.26. The third-order valence-electron chi connectivity index (χ3n) is 3.74. The predicted molar refractivity (Wildman–Crippen MR) is 92.2 cm³/mol. The lowest BCUT2D eigenvalue weighted by Crippen LogP contribution is -2.49. The maximum absolute atomic E-state index is 12.2. The Morgan fingerprint density at radius 2 is 1.85 bits per heavy atom. The van der Waals surface area contributed by atoms with Crippen LogP contribution < -0.4 is 5.32 Å². The summed E-state index contributed by atoms with van der Waals surface area (Å²) in [5, 5.41) is 11.0. The molecule has 1 heterocycles. The zero-order valence-corrected chi connectivity index (χ0v) is 14.7. The number of nitrogens with one attached hydrogen (secondary N) is 1. The number of nitriles is 1. The number of ether oxygens (including phenoxy) is 2. The van der Waals surface area contributed by atoms with E-state index in [0.29, 0.717) is 18.8 Å². The molecule has 1 aliphatic rings. The van der Waals surface area contributed by atoms with Gasteiger partial charge in [0.25, 0.3) is 5.91 Å². The average molecular weight is 359 g/mol. The second-order valence-electron chi connectivity index (χ2n) is 6.09.